The molecule has 1 aliphatic rings. The molecule has 0 unspecified atom stereocenters. The van der Waals surface area contributed by atoms with Crippen molar-refractivity contribution in [2.24, 2.45) is 0 Å². The summed E-state index contributed by atoms with van der Waals surface area (Å²) in [5.41, 5.74) is 0.0927. The van der Waals surface area contributed by atoms with Crippen LogP contribution >= 0.6 is 0 Å². The average Bonchev–Trinajstić information content (AvgIpc) is 2.51. The molecule has 1 fully saturated rings. The molecule has 0 aromatic heterocycles. The number of amides is 2. The van der Waals surface area contributed by atoms with Crippen LogP contribution in [0.1, 0.15) is 16.8 Å². The normalized spacial score (nSPS) is 16.4. The van der Waals surface area contributed by atoms with Gasteiger partial charge in [0.2, 0.25) is 5.91 Å². The van der Waals surface area contributed by atoms with E-state index in [1.54, 1.807) is 11.9 Å². The first-order valence-electron chi connectivity index (χ1n) is 6.04. The first-order chi connectivity index (χ1) is 8.99. The first-order valence-corrected chi connectivity index (χ1v) is 6.04. The Morgan fingerprint density at radius 2 is 2.00 bits per heavy atom. The van der Waals surface area contributed by atoms with E-state index in [2.05, 4.69) is 0 Å². The summed E-state index contributed by atoms with van der Waals surface area (Å²) < 4.78 is 0. The molecule has 0 spiro atoms. The van der Waals surface area contributed by atoms with Gasteiger partial charge in [0.05, 0.1) is 5.56 Å². The number of hydrogen-bond donors (Lipinski definition) is 2. The fourth-order valence-electron chi connectivity index (χ4n) is 2.03. The van der Waals surface area contributed by atoms with Crippen LogP contribution in [0.5, 0.6) is 11.5 Å². The van der Waals surface area contributed by atoms with Gasteiger partial charge in [-0.3, -0.25) is 9.59 Å². The molecule has 6 heteroatoms. The van der Waals surface area contributed by atoms with Gasteiger partial charge in [0.25, 0.3) is 5.91 Å². The third-order valence-corrected chi connectivity index (χ3v) is 3.17. The third-order valence-electron chi connectivity index (χ3n) is 3.17. The molecule has 0 atom stereocenters. The van der Waals surface area contributed by atoms with Crippen LogP contribution in [-0.4, -0.2) is 58.5 Å². The highest BCUT2D eigenvalue weighted by atomic mass is 16.3. The van der Waals surface area contributed by atoms with Crippen molar-refractivity contribution in [3.63, 3.8) is 0 Å². The molecule has 1 heterocycles. The second-order valence-electron chi connectivity index (χ2n) is 4.60. The predicted octanol–water partition coefficient (Wildman–Crippen LogP) is 0.402. The van der Waals surface area contributed by atoms with E-state index in [1.807, 2.05) is 0 Å². The van der Waals surface area contributed by atoms with E-state index in [4.69, 9.17) is 0 Å². The number of rotatable bonds is 1. The molecule has 2 rings (SSSR count). The average molecular weight is 264 g/mol. The standard InChI is InChI=1S/C13H16N2O4/c1-14-5-2-6-15(8-12(14)18)13(19)10-4-3-9(16)7-11(10)17/h3-4,7,16-17H,2,5-6,8H2,1H3. The van der Waals surface area contributed by atoms with Gasteiger partial charge in [-0.25, -0.2) is 0 Å². The quantitative estimate of drug-likeness (QED) is 0.769. The van der Waals surface area contributed by atoms with Crippen molar-refractivity contribution in [3.05, 3.63) is 23.8 Å². The van der Waals surface area contributed by atoms with E-state index >= 15 is 0 Å². The van der Waals surface area contributed by atoms with Gasteiger partial charge in [-0.15, -0.1) is 0 Å². The molecule has 0 saturated carbocycles. The second kappa shape index (κ2) is 5.17. The number of hydrogen-bond acceptors (Lipinski definition) is 4. The van der Waals surface area contributed by atoms with Crippen molar-refractivity contribution in [2.75, 3.05) is 26.7 Å². The zero-order chi connectivity index (χ0) is 14.0. The van der Waals surface area contributed by atoms with Crippen molar-refractivity contribution in [2.45, 2.75) is 6.42 Å². The zero-order valence-electron chi connectivity index (χ0n) is 10.7. The van der Waals surface area contributed by atoms with Gasteiger partial charge in [-0.05, 0) is 18.6 Å². The molecule has 0 radical (unpaired) electrons. The van der Waals surface area contributed by atoms with Crippen LogP contribution in [0.4, 0.5) is 0 Å². The summed E-state index contributed by atoms with van der Waals surface area (Å²) in [6.07, 6.45) is 0.701. The largest absolute Gasteiger partial charge is 0.508 e. The van der Waals surface area contributed by atoms with Crippen molar-refractivity contribution < 1.29 is 19.8 Å². The van der Waals surface area contributed by atoms with Crippen LogP contribution in [0.2, 0.25) is 0 Å². The molecule has 1 aliphatic heterocycles. The van der Waals surface area contributed by atoms with Gasteiger partial charge < -0.3 is 20.0 Å². The highest BCUT2D eigenvalue weighted by Crippen LogP contribution is 2.24. The van der Waals surface area contributed by atoms with Gasteiger partial charge >= 0.3 is 0 Å². The summed E-state index contributed by atoms with van der Waals surface area (Å²) in [4.78, 5) is 27.0. The molecular formula is C13H16N2O4. The number of carbonyl (C=O) groups is 2. The highest BCUT2D eigenvalue weighted by molar-refractivity contribution is 5.99. The van der Waals surface area contributed by atoms with E-state index in [0.717, 1.165) is 6.07 Å². The van der Waals surface area contributed by atoms with E-state index in [0.29, 0.717) is 19.5 Å². The van der Waals surface area contributed by atoms with Crippen LogP contribution in [0, 0.1) is 0 Å². The monoisotopic (exact) mass is 264 g/mol. The molecule has 2 N–H and O–H groups in total. The number of aromatic hydroxyl groups is 2. The number of benzene rings is 1. The van der Waals surface area contributed by atoms with E-state index in [-0.39, 0.29) is 29.5 Å². The molecule has 1 saturated heterocycles. The lowest BCUT2D eigenvalue weighted by atomic mass is 10.1. The number of likely N-dealkylation sites (N-methyl/N-ethyl adjacent to an activating group) is 1. The zero-order valence-corrected chi connectivity index (χ0v) is 10.7. The number of phenols is 2. The number of carbonyl (C=O) groups excluding carboxylic acids is 2. The minimum atomic E-state index is -0.402. The fraction of sp³-hybridized carbons (Fsp3) is 0.385. The Labute approximate surface area is 110 Å². The Balaban J connectivity index is 2.21. The molecule has 6 nitrogen and oxygen atoms in total. The van der Waals surface area contributed by atoms with E-state index in [1.165, 1.54) is 17.0 Å². The smallest absolute Gasteiger partial charge is 0.258 e. The van der Waals surface area contributed by atoms with Crippen molar-refractivity contribution >= 4 is 11.8 Å². The molecular weight excluding hydrogens is 248 g/mol. The van der Waals surface area contributed by atoms with Gasteiger partial charge in [0.1, 0.15) is 18.0 Å². The van der Waals surface area contributed by atoms with Gasteiger partial charge in [-0.2, -0.15) is 0 Å². The molecule has 1 aromatic rings. The third kappa shape index (κ3) is 2.78. The maximum atomic E-state index is 12.3. The van der Waals surface area contributed by atoms with Crippen LogP contribution in [0.25, 0.3) is 0 Å². The maximum absolute atomic E-state index is 12.3. The van der Waals surface area contributed by atoms with Crippen LogP contribution in [-0.2, 0) is 4.79 Å². The van der Waals surface area contributed by atoms with Crippen LogP contribution in [0.15, 0.2) is 18.2 Å². The molecule has 1 aromatic carbocycles. The number of phenolic OH excluding ortho intramolecular Hbond substituents is 2. The van der Waals surface area contributed by atoms with Crippen molar-refractivity contribution in [1.82, 2.24) is 9.80 Å². The Morgan fingerprint density at radius 1 is 1.26 bits per heavy atom. The van der Waals surface area contributed by atoms with E-state index in [9.17, 15) is 19.8 Å². The Morgan fingerprint density at radius 3 is 2.68 bits per heavy atom. The molecule has 0 bridgehead atoms. The fourth-order valence-corrected chi connectivity index (χ4v) is 2.03. The predicted molar refractivity (Wildman–Crippen MR) is 67.9 cm³/mol. The minimum Gasteiger partial charge on any atom is -0.508 e. The van der Waals surface area contributed by atoms with E-state index < -0.39 is 5.91 Å². The van der Waals surface area contributed by atoms with Crippen LogP contribution in [0.3, 0.4) is 0 Å². The highest BCUT2D eigenvalue weighted by Gasteiger charge is 2.25. The summed E-state index contributed by atoms with van der Waals surface area (Å²) in [7, 11) is 1.70. The topological polar surface area (TPSA) is 81.1 Å². The maximum Gasteiger partial charge on any atom is 0.258 e. The Hall–Kier alpha value is -2.24. The summed E-state index contributed by atoms with van der Waals surface area (Å²) in [5.74, 6) is -0.916. The first kappa shape index (κ1) is 13.2. The lowest BCUT2D eigenvalue weighted by Gasteiger charge is -2.20. The van der Waals surface area contributed by atoms with Crippen molar-refractivity contribution in [3.8, 4) is 11.5 Å². The molecule has 2 amide bonds. The second-order valence-corrected chi connectivity index (χ2v) is 4.60. The summed E-state index contributed by atoms with van der Waals surface area (Å²) >= 11 is 0. The molecule has 0 aliphatic carbocycles. The summed E-state index contributed by atoms with van der Waals surface area (Å²) in [6, 6.07) is 3.80. The van der Waals surface area contributed by atoms with Gasteiger partial charge in [-0.1, -0.05) is 0 Å². The SMILES string of the molecule is CN1CCCN(C(=O)c2ccc(O)cc2O)CC1=O. The van der Waals surface area contributed by atoms with Crippen LogP contribution < -0.4 is 0 Å². The van der Waals surface area contributed by atoms with Crippen molar-refractivity contribution in [1.29, 1.82) is 0 Å². The van der Waals surface area contributed by atoms with Gasteiger partial charge in [0.15, 0.2) is 0 Å². The number of nitrogens with zero attached hydrogens (tertiary/aromatic N) is 2. The Bertz CT molecular complexity index is 515. The molecule has 19 heavy (non-hydrogen) atoms. The Kier molecular flexibility index (Phi) is 3.59. The molecule has 102 valence electrons. The minimum absolute atomic E-state index is 0.00957. The summed E-state index contributed by atoms with van der Waals surface area (Å²) in [6.45, 7) is 1.09. The van der Waals surface area contributed by atoms with Gasteiger partial charge in [0, 0.05) is 26.2 Å². The summed E-state index contributed by atoms with van der Waals surface area (Å²) in [5, 5.41) is 18.9. The lowest BCUT2D eigenvalue weighted by molar-refractivity contribution is -0.129. The lowest BCUT2D eigenvalue weighted by Crippen LogP contribution is -2.38.